The standard InChI is InChI=1S/C14H16N2O2/c1-10-12(17)15-14(7-8-14)13(18)16(10)9-11-5-3-2-4-6-11/h2-6,10H,7-9H2,1H3,(H,15,17)/t10-/m0/s1. The van der Waals surface area contributed by atoms with Gasteiger partial charge in [-0.2, -0.15) is 0 Å². The largest absolute Gasteiger partial charge is 0.340 e. The van der Waals surface area contributed by atoms with E-state index in [1.165, 1.54) is 0 Å². The van der Waals surface area contributed by atoms with Crippen molar-refractivity contribution in [3.05, 3.63) is 35.9 Å². The third-order valence-corrected chi connectivity index (χ3v) is 3.83. The van der Waals surface area contributed by atoms with E-state index in [4.69, 9.17) is 0 Å². The molecule has 1 aliphatic heterocycles. The minimum atomic E-state index is -0.571. The van der Waals surface area contributed by atoms with Crippen LogP contribution in [0, 0.1) is 0 Å². The average molecular weight is 244 g/mol. The summed E-state index contributed by atoms with van der Waals surface area (Å²) in [5.41, 5.74) is 0.487. The highest BCUT2D eigenvalue weighted by molar-refractivity contribution is 6.01. The molecular weight excluding hydrogens is 228 g/mol. The molecule has 0 unspecified atom stereocenters. The summed E-state index contributed by atoms with van der Waals surface area (Å²) in [5.74, 6) is 0.0292. The van der Waals surface area contributed by atoms with Gasteiger partial charge in [0.05, 0.1) is 0 Å². The van der Waals surface area contributed by atoms with Gasteiger partial charge in [0, 0.05) is 6.54 Å². The molecule has 4 nitrogen and oxygen atoms in total. The number of nitrogens with zero attached hydrogens (tertiary/aromatic N) is 1. The van der Waals surface area contributed by atoms with E-state index in [1.54, 1.807) is 11.8 Å². The predicted octanol–water partition coefficient (Wildman–Crippen LogP) is 1.07. The van der Waals surface area contributed by atoms with Crippen LogP contribution in [0.1, 0.15) is 25.3 Å². The van der Waals surface area contributed by atoms with E-state index in [0.717, 1.165) is 18.4 Å². The summed E-state index contributed by atoms with van der Waals surface area (Å²) in [6.07, 6.45) is 1.55. The summed E-state index contributed by atoms with van der Waals surface area (Å²) in [5, 5.41) is 2.85. The number of carbonyl (C=O) groups excluding carboxylic acids is 2. The molecule has 1 aliphatic carbocycles. The molecule has 0 radical (unpaired) electrons. The van der Waals surface area contributed by atoms with Crippen molar-refractivity contribution in [2.45, 2.75) is 37.9 Å². The molecule has 1 N–H and O–H groups in total. The first-order valence-electron chi connectivity index (χ1n) is 6.29. The number of nitrogens with one attached hydrogen (secondary N) is 1. The van der Waals surface area contributed by atoms with Crippen LogP contribution in [0.3, 0.4) is 0 Å². The van der Waals surface area contributed by atoms with Crippen LogP contribution in [0.15, 0.2) is 30.3 Å². The van der Waals surface area contributed by atoms with Crippen LogP contribution in [-0.2, 0) is 16.1 Å². The van der Waals surface area contributed by atoms with Gasteiger partial charge in [-0.05, 0) is 25.3 Å². The van der Waals surface area contributed by atoms with E-state index in [0.29, 0.717) is 6.54 Å². The Morgan fingerprint density at radius 1 is 1.28 bits per heavy atom. The van der Waals surface area contributed by atoms with Gasteiger partial charge in [-0.1, -0.05) is 30.3 Å². The van der Waals surface area contributed by atoms with Gasteiger partial charge >= 0.3 is 0 Å². The van der Waals surface area contributed by atoms with E-state index in [9.17, 15) is 9.59 Å². The van der Waals surface area contributed by atoms with Crippen LogP contribution >= 0.6 is 0 Å². The number of carbonyl (C=O) groups is 2. The molecule has 2 fully saturated rings. The minimum absolute atomic E-state index is 0.0389. The lowest BCUT2D eigenvalue weighted by Crippen LogP contribution is -2.63. The molecule has 1 atom stereocenters. The highest BCUT2D eigenvalue weighted by atomic mass is 16.2. The fourth-order valence-electron chi connectivity index (χ4n) is 2.44. The van der Waals surface area contributed by atoms with E-state index in [2.05, 4.69) is 5.32 Å². The van der Waals surface area contributed by atoms with E-state index < -0.39 is 5.54 Å². The summed E-state index contributed by atoms with van der Waals surface area (Å²) in [6.45, 7) is 2.29. The Kier molecular flexibility index (Phi) is 2.40. The van der Waals surface area contributed by atoms with Crippen LogP contribution in [-0.4, -0.2) is 28.3 Å². The lowest BCUT2D eigenvalue weighted by Gasteiger charge is -2.37. The Bertz CT molecular complexity index is 494. The van der Waals surface area contributed by atoms with Crippen molar-refractivity contribution in [2.75, 3.05) is 0 Å². The van der Waals surface area contributed by atoms with Gasteiger partial charge in [0.25, 0.3) is 0 Å². The van der Waals surface area contributed by atoms with Crippen molar-refractivity contribution >= 4 is 11.8 Å². The molecule has 1 saturated carbocycles. The Hall–Kier alpha value is -1.84. The zero-order chi connectivity index (χ0) is 12.8. The van der Waals surface area contributed by atoms with Crippen LogP contribution < -0.4 is 5.32 Å². The molecule has 94 valence electrons. The number of rotatable bonds is 2. The molecule has 1 spiro atoms. The SMILES string of the molecule is C[C@H]1C(=O)NC2(CC2)C(=O)N1Cc1ccccc1. The average Bonchev–Trinajstić information content (AvgIpc) is 3.15. The highest BCUT2D eigenvalue weighted by Gasteiger charge is 2.57. The van der Waals surface area contributed by atoms with Crippen molar-refractivity contribution in [3.63, 3.8) is 0 Å². The topological polar surface area (TPSA) is 49.4 Å². The second-order valence-electron chi connectivity index (χ2n) is 5.17. The van der Waals surface area contributed by atoms with Crippen molar-refractivity contribution < 1.29 is 9.59 Å². The fourth-order valence-corrected chi connectivity index (χ4v) is 2.44. The van der Waals surface area contributed by atoms with E-state index >= 15 is 0 Å². The van der Waals surface area contributed by atoms with Gasteiger partial charge in [0.2, 0.25) is 11.8 Å². The van der Waals surface area contributed by atoms with Gasteiger partial charge in [0.1, 0.15) is 11.6 Å². The Balaban J connectivity index is 1.85. The second kappa shape index (κ2) is 3.83. The third kappa shape index (κ3) is 1.68. The molecular formula is C14H16N2O2. The van der Waals surface area contributed by atoms with Crippen molar-refractivity contribution in [2.24, 2.45) is 0 Å². The number of benzene rings is 1. The molecule has 0 bridgehead atoms. The first-order valence-corrected chi connectivity index (χ1v) is 6.29. The summed E-state index contributed by atoms with van der Waals surface area (Å²) < 4.78 is 0. The molecule has 4 heteroatoms. The number of amides is 2. The second-order valence-corrected chi connectivity index (χ2v) is 5.17. The quantitative estimate of drug-likeness (QED) is 0.846. The fraction of sp³-hybridized carbons (Fsp3) is 0.429. The Labute approximate surface area is 106 Å². The normalized spacial score (nSPS) is 25.2. The molecule has 1 aromatic carbocycles. The number of piperazine rings is 1. The van der Waals surface area contributed by atoms with Gasteiger partial charge in [0.15, 0.2) is 0 Å². The summed E-state index contributed by atoms with van der Waals surface area (Å²) >= 11 is 0. The van der Waals surface area contributed by atoms with Gasteiger partial charge in [-0.3, -0.25) is 9.59 Å². The minimum Gasteiger partial charge on any atom is -0.340 e. The summed E-state index contributed by atoms with van der Waals surface area (Å²) in [6, 6.07) is 9.41. The maximum absolute atomic E-state index is 12.4. The Morgan fingerprint density at radius 3 is 2.56 bits per heavy atom. The summed E-state index contributed by atoms with van der Waals surface area (Å²) in [7, 11) is 0. The maximum Gasteiger partial charge on any atom is 0.249 e. The van der Waals surface area contributed by atoms with Crippen molar-refractivity contribution in [1.82, 2.24) is 10.2 Å². The lowest BCUT2D eigenvalue weighted by atomic mass is 10.1. The molecule has 1 heterocycles. The lowest BCUT2D eigenvalue weighted by molar-refractivity contribution is -0.150. The molecule has 0 aromatic heterocycles. The first kappa shape index (κ1) is 11.3. The van der Waals surface area contributed by atoms with E-state index in [-0.39, 0.29) is 17.9 Å². The number of hydrogen-bond acceptors (Lipinski definition) is 2. The molecule has 18 heavy (non-hydrogen) atoms. The highest BCUT2D eigenvalue weighted by Crippen LogP contribution is 2.40. The third-order valence-electron chi connectivity index (χ3n) is 3.83. The monoisotopic (exact) mass is 244 g/mol. The predicted molar refractivity (Wildman–Crippen MR) is 66.6 cm³/mol. The molecule has 3 rings (SSSR count). The molecule has 2 aliphatic rings. The summed E-state index contributed by atoms with van der Waals surface area (Å²) in [4.78, 5) is 26.0. The van der Waals surface area contributed by atoms with Crippen molar-refractivity contribution in [1.29, 1.82) is 0 Å². The molecule has 1 aromatic rings. The van der Waals surface area contributed by atoms with Crippen LogP contribution in [0.5, 0.6) is 0 Å². The molecule has 1 saturated heterocycles. The van der Waals surface area contributed by atoms with Crippen molar-refractivity contribution in [3.8, 4) is 0 Å². The number of hydrogen-bond donors (Lipinski definition) is 1. The zero-order valence-electron chi connectivity index (χ0n) is 10.3. The van der Waals surface area contributed by atoms with Crippen LogP contribution in [0.4, 0.5) is 0 Å². The Morgan fingerprint density at radius 2 is 1.94 bits per heavy atom. The zero-order valence-corrected chi connectivity index (χ0v) is 10.3. The van der Waals surface area contributed by atoms with Crippen LogP contribution in [0.2, 0.25) is 0 Å². The molecule has 2 amide bonds. The maximum atomic E-state index is 12.4. The smallest absolute Gasteiger partial charge is 0.249 e. The van der Waals surface area contributed by atoms with Gasteiger partial charge in [-0.25, -0.2) is 0 Å². The van der Waals surface area contributed by atoms with Crippen LogP contribution in [0.25, 0.3) is 0 Å². The first-order chi connectivity index (χ1) is 8.62. The van der Waals surface area contributed by atoms with E-state index in [1.807, 2.05) is 30.3 Å². The van der Waals surface area contributed by atoms with Gasteiger partial charge in [-0.15, -0.1) is 0 Å². The van der Waals surface area contributed by atoms with Gasteiger partial charge < -0.3 is 10.2 Å².